The van der Waals surface area contributed by atoms with E-state index in [0.29, 0.717) is 31.1 Å². The highest BCUT2D eigenvalue weighted by molar-refractivity contribution is 5.82. The van der Waals surface area contributed by atoms with E-state index < -0.39 is 12.0 Å². The van der Waals surface area contributed by atoms with Crippen LogP contribution in [0.2, 0.25) is 0 Å². The van der Waals surface area contributed by atoms with Crippen molar-refractivity contribution in [2.24, 2.45) is 34.0 Å². The third kappa shape index (κ3) is 17.4. The van der Waals surface area contributed by atoms with Crippen molar-refractivity contribution in [3.63, 3.8) is 0 Å². The molecule has 0 radical (unpaired) electrons. The van der Waals surface area contributed by atoms with E-state index in [1.807, 2.05) is 13.8 Å². The molecule has 0 saturated carbocycles. The molecule has 154 valence electrons. The second-order valence-electron chi connectivity index (χ2n) is 7.44. The number of carbonyl (C=O) groups excluding carboxylic acids is 1. The van der Waals surface area contributed by atoms with Crippen molar-refractivity contribution in [1.29, 1.82) is 0 Å². The Hall–Kier alpha value is -1.47. The summed E-state index contributed by atoms with van der Waals surface area (Å²) in [5.74, 6) is 0.800. The summed E-state index contributed by atoms with van der Waals surface area (Å²) in [5, 5.41) is 8.47. The molecule has 0 spiro atoms. The van der Waals surface area contributed by atoms with Gasteiger partial charge >= 0.3 is 5.97 Å². The van der Waals surface area contributed by atoms with E-state index in [0.717, 1.165) is 25.7 Å². The highest BCUT2D eigenvalue weighted by atomic mass is 16.4. The van der Waals surface area contributed by atoms with Crippen molar-refractivity contribution in [3.05, 3.63) is 0 Å². The van der Waals surface area contributed by atoms with Crippen LogP contribution in [0.5, 0.6) is 0 Å². The summed E-state index contributed by atoms with van der Waals surface area (Å²) >= 11 is 0. The molecule has 0 aliphatic heterocycles. The van der Waals surface area contributed by atoms with Gasteiger partial charge in [0.1, 0.15) is 11.8 Å². The second kappa shape index (κ2) is 15.8. The van der Waals surface area contributed by atoms with Gasteiger partial charge in [0.15, 0.2) is 0 Å². The van der Waals surface area contributed by atoms with Crippen molar-refractivity contribution < 1.29 is 14.7 Å². The van der Waals surface area contributed by atoms with Gasteiger partial charge in [0.25, 0.3) is 0 Å². The van der Waals surface area contributed by atoms with Crippen LogP contribution in [-0.4, -0.2) is 41.3 Å². The zero-order valence-electron chi connectivity index (χ0n) is 17.2. The van der Waals surface area contributed by atoms with E-state index in [-0.39, 0.29) is 17.7 Å². The predicted octanol–water partition coefficient (Wildman–Crippen LogP) is 2.31. The lowest BCUT2D eigenvalue weighted by molar-refractivity contribution is -0.138. The van der Waals surface area contributed by atoms with Crippen LogP contribution in [0.3, 0.4) is 0 Å². The highest BCUT2D eigenvalue weighted by Crippen LogP contribution is 2.08. The van der Waals surface area contributed by atoms with E-state index in [4.69, 9.17) is 22.3 Å². The molecule has 26 heavy (non-hydrogen) atoms. The molecular weight excluding hydrogens is 332 g/mol. The smallest absolute Gasteiger partial charge is 0.320 e. The van der Waals surface area contributed by atoms with Crippen molar-refractivity contribution in [3.8, 4) is 0 Å². The standard InChI is InChI=1S/C10H21N3O.C9H19NO2/c1-7(2)10(12)13-6-4-5-9(11)8(3)14;1-7(2)5-3-4-6-8(10)9(11)12/h7,9H,4-6,11H2,1-3H3,(H2,12,13);7-8H,3-6,10H2,1-2H3,(H,11,12). The lowest BCUT2D eigenvalue weighted by Gasteiger charge is -2.06. The highest BCUT2D eigenvalue weighted by Gasteiger charge is 2.10. The van der Waals surface area contributed by atoms with Gasteiger partial charge in [-0.3, -0.25) is 14.6 Å². The Morgan fingerprint density at radius 2 is 1.42 bits per heavy atom. The van der Waals surface area contributed by atoms with E-state index >= 15 is 0 Å². The quantitative estimate of drug-likeness (QED) is 0.235. The molecule has 0 bridgehead atoms. The number of aliphatic imine (C=N–C) groups is 1. The number of amidine groups is 1. The molecule has 7 heteroatoms. The molecule has 7 nitrogen and oxygen atoms in total. The fraction of sp³-hybridized carbons (Fsp3) is 0.842. The van der Waals surface area contributed by atoms with Crippen LogP contribution < -0.4 is 17.2 Å². The molecule has 2 unspecified atom stereocenters. The number of nitrogens with two attached hydrogens (primary N) is 3. The van der Waals surface area contributed by atoms with Gasteiger partial charge in [-0.1, -0.05) is 47.0 Å². The van der Waals surface area contributed by atoms with Gasteiger partial charge in [-0.2, -0.15) is 0 Å². The van der Waals surface area contributed by atoms with Crippen molar-refractivity contribution in [2.45, 2.75) is 85.2 Å². The molecule has 2 atom stereocenters. The molecule has 0 aromatic heterocycles. The maximum atomic E-state index is 10.8. The maximum Gasteiger partial charge on any atom is 0.320 e. The summed E-state index contributed by atoms with van der Waals surface area (Å²) in [6, 6.07) is -1.01. The topological polar surface area (TPSA) is 145 Å². The molecule has 0 aromatic carbocycles. The average molecular weight is 373 g/mol. The molecule has 0 aliphatic carbocycles. The van der Waals surface area contributed by atoms with Crippen molar-refractivity contribution >= 4 is 17.6 Å². The number of hydrogen-bond donors (Lipinski definition) is 4. The number of rotatable bonds is 12. The van der Waals surface area contributed by atoms with E-state index in [1.165, 1.54) is 6.92 Å². The summed E-state index contributed by atoms with van der Waals surface area (Å²) < 4.78 is 0. The molecule has 0 rings (SSSR count). The number of ketones is 1. The molecule has 0 heterocycles. The molecular formula is C19H40N4O3. The average Bonchev–Trinajstić information content (AvgIpc) is 2.54. The predicted molar refractivity (Wildman–Crippen MR) is 108 cm³/mol. The Morgan fingerprint density at radius 3 is 1.85 bits per heavy atom. The monoisotopic (exact) mass is 372 g/mol. The first kappa shape index (κ1) is 26.8. The Labute approximate surface area is 158 Å². The van der Waals surface area contributed by atoms with Crippen LogP contribution in [-0.2, 0) is 9.59 Å². The zero-order valence-corrected chi connectivity index (χ0v) is 17.2. The Balaban J connectivity index is 0. The van der Waals surface area contributed by atoms with E-state index in [2.05, 4.69) is 18.8 Å². The zero-order chi connectivity index (χ0) is 20.7. The summed E-state index contributed by atoms with van der Waals surface area (Å²) in [5.41, 5.74) is 16.5. The summed E-state index contributed by atoms with van der Waals surface area (Å²) in [6.45, 7) is 10.5. The van der Waals surface area contributed by atoms with Crippen molar-refractivity contribution in [2.75, 3.05) is 6.54 Å². The minimum atomic E-state index is -0.889. The number of carboxylic acid groups (broad SMARTS) is 1. The number of hydrogen-bond acceptors (Lipinski definition) is 5. The molecule has 0 amide bonds. The minimum Gasteiger partial charge on any atom is -0.480 e. The first-order chi connectivity index (χ1) is 12.0. The number of Topliss-reactive ketones (excluding diaryl/α,β-unsaturated/α-hetero) is 1. The Kier molecular flexibility index (Phi) is 16.2. The largest absolute Gasteiger partial charge is 0.480 e. The van der Waals surface area contributed by atoms with Gasteiger partial charge in [0.2, 0.25) is 0 Å². The van der Waals surface area contributed by atoms with Gasteiger partial charge in [-0.05, 0) is 32.1 Å². The molecule has 0 fully saturated rings. The van der Waals surface area contributed by atoms with Gasteiger partial charge in [0, 0.05) is 12.5 Å². The van der Waals surface area contributed by atoms with Crippen molar-refractivity contribution in [1.82, 2.24) is 0 Å². The molecule has 0 saturated heterocycles. The Morgan fingerprint density at radius 1 is 0.923 bits per heavy atom. The number of unbranched alkanes of at least 4 members (excludes halogenated alkanes) is 1. The third-order valence-corrected chi connectivity index (χ3v) is 3.95. The van der Waals surface area contributed by atoms with Gasteiger partial charge in [0.05, 0.1) is 11.9 Å². The van der Waals surface area contributed by atoms with Crippen LogP contribution in [0, 0.1) is 11.8 Å². The number of carbonyl (C=O) groups is 2. The molecule has 0 aliphatic rings. The van der Waals surface area contributed by atoms with Gasteiger partial charge in [-0.15, -0.1) is 0 Å². The first-order valence-corrected chi connectivity index (χ1v) is 9.53. The third-order valence-electron chi connectivity index (χ3n) is 3.95. The lowest BCUT2D eigenvalue weighted by atomic mass is 10.0. The SMILES string of the molecule is CC(=O)C(N)CCCN=C(N)C(C)C.CC(C)CCCCC(N)C(=O)O. The molecule has 0 aromatic rings. The van der Waals surface area contributed by atoms with Crippen LogP contribution in [0.15, 0.2) is 4.99 Å². The van der Waals surface area contributed by atoms with Crippen LogP contribution in [0.4, 0.5) is 0 Å². The fourth-order valence-electron chi connectivity index (χ4n) is 1.95. The number of nitrogens with zero attached hydrogens (tertiary/aromatic N) is 1. The Bertz CT molecular complexity index is 423. The second-order valence-corrected chi connectivity index (χ2v) is 7.44. The summed E-state index contributed by atoms with van der Waals surface area (Å²) in [7, 11) is 0. The van der Waals surface area contributed by atoms with Gasteiger partial charge < -0.3 is 22.3 Å². The van der Waals surface area contributed by atoms with E-state index in [9.17, 15) is 9.59 Å². The van der Waals surface area contributed by atoms with Crippen LogP contribution >= 0.6 is 0 Å². The van der Waals surface area contributed by atoms with Crippen LogP contribution in [0.25, 0.3) is 0 Å². The first-order valence-electron chi connectivity index (χ1n) is 9.53. The number of carboxylic acids is 1. The maximum absolute atomic E-state index is 10.8. The summed E-state index contributed by atoms with van der Waals surface area (Å²) in [6.07, 6.45) is 5.26. The number of aliphatic carboxylic acids is 1. The normalized spacial score (nSPS) is 14.0. The van der Waals surface area contributed by atoms with E-state index in [1.54, 1.807) is 0 Å². The molecule has 7 N–H and O–H groups in total. The van der Waals surface area contributed by atoms with Gasteiger partial charge in [-0.25, -0.2) is 0 Å². The minimum absolute atomic E-state index is 0.0332. The fourth-order valence-corrected chi connectivity index (χ4v) is 1.95. The lowest BCUT2D eigenvalue weighted by Crippen LogP contribution is -2.29. The van der Waals surface area contributed by atoms with Crippen LogP contribution in [0.1, 0.15) is 73.1 Å². The summed E-state index contributed by atoms with van der Waals surface area (Å²) in [4.78, 5) is 25.3.